The Labute approximate surface area is 153 Å². The Morgan fingerprint density at radius 1 is 1.04 bits per heavy atom. The Morgan fingerprint density at radius 3 is 2.35 bits per heavy atom. The van der Waals surface area contributed by atoms with Crippen molar-refractivity contribution in [2.24, 2.45) is 23.7 Å². The third-order valence-corrected chi connectivity index (χ3v) is 6.05. The molecule has 0 aromatic heterocycles. The van der Waals surface area contributed by atoms with E-state index in [4.69, 9.17) is 4.74 Å². The van der Waals surface area contributed by atoms with Gasteiger partial charge in [0.15, 0.2) is 0 Å². The minimum absolute atomic E-state index is 0.00827. The first-order valence-corrected chi connectivity index (χ1v) is 9.18. The zero-order valence-electron chi connectivity index (χ0n) is 14.9. The summed E-state index contributed by atoms with van der Waals surface area (Å²) in [5, 5.41) is 9.57. The SMILES string of the molecule is COc1ccccc1N1CCN(C(=O)[C@H]2[C@@H](C(=O)O)[C@@H]3C=C[C@@H]2C3)CC1. The lowest BCUT2D eigenvalue weighted by Gasteiger charge is -2.39. The lowest BCUT2D eigenvalue weighted by Crippen LogP contribution is -2.52. The number of nitrogens with zero attached hydrogens (tertiary/aromatic N) is 2. The van der Waals surface area contributed by atoms with Crippen LogP contribution in [0.4, 0.5) is 5.69 Å². The van der Waals surface area contributed by atoms with Crippen molar-refractivity contribution in [3.8, 4) is 5.75 Å². The maximum atomic E-state index is 13.1. The minimum Gasteiger partial charge on any atom is -0.495 e. The molecule has 1 heterocycles. The fourth-order valence-corrected chi connectivity index (χ4v) is 4.77. The Hall–Kier alpha value is -2.50. The van der Waals surface area contributed by atoms with Gasteiger partial charge in [0.25, 0.3) is 0 Å². The standard InChI is InChI=1S/C20H24N2O4/c1-26-16-5-3-2-4-15(16)21-8-10-22(11-9-21)19(23)17-13-6-7-14(12-13)18(17)20(24)25/h2-7,13-14,17-18H,8-12H2,1H3,(H,24,25)/t13-,14-,17-,18+/m1/s1. The van der Waals surface area contributed by atoms with Gasteiger partial charge in [-0.3, -0.25) is 9.59 Å². The average Bonchev–Trinajstić information content (AvgIpc) is 3.29. The molecule has 26 heavy (non-hydrogen) atoms. The smallest absolute Gasteiger partial charge is 0.307 e. The molecule has 1 N–H and O–H groups in total. The van der Waals surface area contributed by atoms with E-state index < -0.39 is 17.8 Å². The number of carboxylic acids is 1. The first kappa shape index (κ1) is 16.9. The highest BCUT2D eigenvalue weighted by Gasteiger charge is 2.52. The third kappa shape index (κ3) is 2.73. The number of aliphatic carboxylic acids is 1. The number of carbonyl (C=O) groups is 2. The van der Waals surface area contributed by atoms with Crippen molar-refractivity contribution in [3.05, 3.63) is 36.4 Å². The van der Waals surface area contributed by atoms with E-state index in [0.29, 0.717) is 13.1 Å². The Bertz CT molecular complexity index is 739. The number of carboxylic acid groups (broad SMARTS) is 1. The molecule has 2 fully saturated rings. The van der Waals surface area contributed by atoms with Gasteiger partial charge < -0.3 is 19.6 Å². The summed E-state index contributed by atoms with van der Waals surface area (Å²) in [7, 11) is 1.66. The second-order valence-electron chi connectivity index (χ2n) is 7.32. The monoisotopic (exact) mass is 356 g/mol. The molecule has 1 saturated heterocycles. The molecule has 138 valence electrons. The molecule has 0 unspecified atom stereocenters. The predicted molar refractivity (Wildman–Crippen MR) is 97.1 cm³/mol. The molecule has 6 nitrogen and oxygen atoms in total. The van der Waals surface area contributed by atoms with Crippen LogP contribution in [0.1, 0.15) is 6.42 Å². The Kier molecular flexibility index (Phi) is 4.34. The number of para-hydroxylation sites is 2. The van der Waals surface area contributed by atoms with Gasteiger partial charge in [-0.2, -0.15) is 0 Å². The number of amides is 1. The quantitative estimate of drug-likeness (QED) is 0.834. The van der Waals surface area contributed by atoms with Crippen molar-refractivity contribution in [1.29, 1.82) is 0 Å². The van der Waals surface area contributed by atoms with Crippen LogP contribution in [0.2, 0.25) is 0 Å². The van der Waals surface area contributed by atoms with Crippen molar-refractivity contribution < 1.29 is 19.4 Å². The molecule has 1 aliphatic heterocycles. The normalized spacial score (nSPS) is 29.9. The molecular weight excluding hydrogens is 332 g/mol. The van der Waals surface area contributed by atoms with Crippen LogP contribution in [0.3, 0.4) is 0 Å². The second kappa shape index (κ2) is 6.67. The third-order valence-electron chi connectivity index (χ3n) is 6.05. The van der Waals surface area contributed by atoms with Crippen LogP contribution in [0, 0.1) is 23.7 Å². The van der Waals surface area contributed by atoms with E-state index in [2.05, 4.69) is 4.90 Å². The summed E-state index contributed by atoms with van der Waals surface area (Å²) in [5.41, 5.74) is 1.04. The van der Waals surface area contributed by atoms with Crippen LogP contribution in [-0.2, 0) is 9.59 Å². The highest BCUT2D eigenvalue weighted by atomic mass is 16.5. The number of fused-ring (bicyclic) bond motifs is 2. The van der Waals surface area contributed by atoms with E-state index in [1.54, 1.807) is 7.11 Å². The van der Waals surface area contributed by atoms with Gasteiger partial charge in [0, 0.05) is 26.2 Å². The van der Waals surface area contributed by atoms with Crippen molar-refractivity contribution in [1.82, 2.24) is 4.90 Å². The van der Waals surface area contributed by atoms with E-state index in [0.717, 1.165) is 30.9 Å². The molecule has 1 aromatic carbocycles. The van der Waals surface area contributed by atoms with E-state index in [-0.39, 0.29) is 17.7 Å². The second-order valence-corrected chi connectivity index (χ2v) is 7.32. The van der Waals surface area contributed by atoms with Gasteiger partial charge in [0.2, 0.25) is 5.91 Å². The zero-order valence-corrected chi connectivity index (χ0v) is 14.9. The molecule has 1 aromatic rings. The molecule has 6 heteroatoms. The summed E-state index contributed by atoms with van der Waals surface area (Å²) in [6.45, 7) is 2.67. The number of benzene rings is 1. The number of ether oxygens (including phenoxy) is 1. The van der Waals surface area contributed by atoms with Crippen molar-refractivity contribution in [3.63, 3.8) is 0 Å². The maximum Gasteiger partial charge on any atom is 0.307 e. The van der Waals surface area contributed by atoms with E-state index in [1.807, 2.05) is 41.3 Å². The summed E-state index contributed by atoms with van der Waals surface area (Å²) in [4.78, 5) is 28.8. The average molecular weight is 356 g/mol. The minimum atomic E-state index is -0.840. The molecule has 2 bridgehead atoms. The largest absolute Gasteiger partial charge is 0.495 e. The predicted octanol–water partition coefficient (Wildman–Crippen LogP) is 1.87. The number of hydrogen-bond donors (Lipinski definition) is 1. The fourth-order valence-electron chi connectivity index (χ4n) is 4.77. The topological polar surface area (TPSA) is 70.1 Å². The van der Waals surface area contributed by atoms with E-state index >= 15 is 0 Å². The zero-order chi connectivity index (χ0) is 18.3. The Morgan fingerprint density at radius 2 is 1.69 bits per heavy atom. The highest BCUT2D eigenvalue weighted by Crippen LogP contribution is 2.48. The van der Waals surface area contributed by atoms with Crippen molar-refractivity contribution in [2.75, 3.05) is 38.2 Å². The Balaban J connectivity index is 1.44. The van der Waals surface area contributed by atoms with Crippen molar-refractivity contribution in [2.45, 2.75) is 6.42 Å². The number of carbonyl (C=O) groups excluding carboxylic acids is 1. The van der Waals surface area contributed by atoms with Gasteiger partial charge in [0.05, 0.1) is 24.6 Å². The highest BCUT2D eigenvalue weighted by molar-refractivity contribution is 5.87. The lowest BCUT2D eigenvalue weighted by atomic mass is 9.82. The number of methoxy groups -OCH3 is 1. The van der Waals surface area contributed by atoms with E-state index in [1.165, 1.54) is 0 Å². The lowest BCUT2D eigenvalue weighted by molar-refractivity contribution is -0.151. The molecule has 4 atom stereocenters. The van der Waals surface area contributed by atoms with Crippen LogP contribution in [0.15, 0.2) is 36.4 Å². The fraction of sp³-hybridized carbons (Fsp3) is 0.500. The van der Waals surface area contributed by atoms with Gasteiger partial charge in [-0.25, -0.2) is 0 Å². The molecule has 0 radical (unpaired) electrons. The van der Waals surface area contributed by atoms with Gasteiger partial charge >= 0.3 is 5.97 Å². The van der Waals surface area contributed by atoms with E-state index in [9.17, 15) is 14.7 Å². The van der Waals surface area contributed by atoms with Gasteiger partial charge in [-0.1, -0.05) is 24.3 Å². The van der Waals surface area contributed by atoms with Crippen LogP contribution in [0.25, 0.3) is 0 Å². The molecule has 2 aliphatic carbocycles. The first-order valence-electron chi connectivity index (χ1n) is 9.18. The molecule has 3 aliphatic rings. The van der Waals surface area contributed by atoms with Gasteiger partial charge in [0.1, 0.15) is 5.75 Å². The van der Waals surface area contributed by atoms with Crippen LogP contribution >= 0.6 is 0 Å². The van der Waals surface area contributed by atoms with Gasteiger partial charge in [-0.05, 0) is 30.4 Å². The van der Waals surface area contributed by atoms with Crippen LogP contribution in [0.5, 0.6) is 5.75 Å². The summed E-state index contributed by atoms with van der Waals surface area (Å²) in [6, 6.07) is 7.88. The maximum absolute atomic E-state index is 13.1. The number of hydrogen-bond acceptors (Lipinski definition) is 4. The molecule has 1 amide bonds. The molecular formula is C20H24N2O4. The first-order chi connectivity index (χ1) is 12.6. The summed E-state index contributed by atoms with van der Waals surface area (Å²) in [6.07, 6.45) is 4.82. The molecule has 1 saturated carbocycles. The number of allylic oxidation sites excluding steroid dienone is 2. The van der Waals surface area contributed by atoms with Crippen LogP contribution < -0.4 is 9.64 Å². The summed E-state index contributed by atoms with van der Waals surface area (Å²) < 4.78 is 5.43. The summed E-state index contributed by atoms with van der Waals surface area (Å²) in [5.74, 6) is -0.870. The number of piperazine rings is 1. The van der Waals surface area contributed by atoms with Gasteiger partial charge in [-0.15, -0.1) is 0 Å². The molecule has 0 spiro atoms. The van der Waals surface area contributed by atoms with Crippen molar-refractivity contribution >= 4 is 17.6 Å². The summed E-state index contributed by atoms with van der Waals surface area (Å²) >= 11 is 0. The molecule has 4 rings (SSSR count). The number of anilines is 1. The number of rotatable bonds is 4. The van der Waals surface area contributed by atoms with Crippen LogP contribution in [-0.4, -0.2) is 55.2 Å².